The van der Waals surface area contributed by atoms with Gasteiger partial charge in [0.1, 0.15) is 0 Å². The Morgan fingerprint density at radius 1 is 1.26 bits per heavy atom. The molecule has 0 spiro atoms. The van der Waals surface area contributed by atoms with Gasteiger partial charge in [0, 0.05) is 10.7 Å². The summed E-state index contributed by atoms with van der Waals surface area (Å²) < 4.78 is 23.9. The Morgan fingerprint density at radius 2 is 1.84 bits per heavy atom. The van der Waals surface area contributed by atoms with Crippen LogP contribution in [0.25, 0.3) is 0 Å². The van der Waals surface area contributed by atoms with Crippen molar-refractivity contribution in [1.82, 2.24) is 4.31 Å². The molecule has 4 nitrogen and oxygen atoms in total. The van der Waals surface area contributed by atoms with Crippen LogP contribution in [0.5, 0.6) is 0 Å². The van der Waals surface area contributed by atoms with E-state index in [1.54, 1.807) is 0 Å². The van der Waals surface area contributed by atoms with Crippen molar-refractivity contribution in [1.29, 1.82) is 0 Å². The molecule has 1 fully saturated rings. The SMILES string of the molecule is CCc1ccc(C2(CC)CC(=O)N2S(=O)(=O)Cl)cc1. The maximum atomic E-state index is 11.6. The van der Waals surface area contributed by atoms with Gasteiger partial charge in [0.05, 0.1) is 12.0 Å². The highest BCUT2D eigenvalue weighted by atomic mass is 35.7. The number of nitrogens with zero attached hydrogens (tertiary/aromatic N) is 1. The molecule has 1 saturated heterocycles. The van der Waals surface area contributed by atoms with E-state index in [1.165, 1.54) is 5.56 Å². The molecule has 6 heteroatoms. The summed E-state index contributed by atoms with van der Waals surface area (Å²) in [5.41, 5.74) is 1.17. The Balaban J connectivity index is 2.46. The van der Waals surface area contributed by atoms with E-state index in [0.29, 0.717) is 6.42 Å². The van der Waals surface area contributed by atoms with E-state index in [9.17, 15) is 13.2 Å². The molecule has 0 radical (unpaired) electrons. The highest BCUT2D eigenvalue weighted by Gasteiger charge is 2.56. The van der Waals surface area contributed by atoms with Crippen molar-refractivity contribution in [2.45, 2.75) is 38.6 Å². The van der Waals surface area contributed by atoms with Gasteiger partial charge in [-0.05, 0) is 24.0 Å². The number of β-lactam (4-membered cyclic amide) rings is 1. The molecule has 1 unspecified atom stereocenters. The van der Waals surface area contributed by atoms with Crippen molar-refractivity contribution in [2.75, 3.05) is 0 Å². The number of carbonyl (C=O) groups excluding carboxylic acids is 1. The Labute approximate surface area is 117 Å². The van der Waals surface area contributed by atoms with E-state index in [2.05, 4.69) is 0 Å². The molecule has 1 atom stereocenters. The third-order valence-electron chi connectivity index (χ3n) is 3.76. The summed E-state index contributed by atoms with van der Waals surface area (Å²) in [6, 6.07) is 7.66. The molecule has 0 saturated carbocycles. The van der Waals surface area contributed by atoms with Gasteiger partial charge in [-0.25, -0.2) is 4.31 Å². The molecule has 0 aliphatic carbocycles. The number of hydrogen-bond donors (Lipinski definition) is 0. The van der Waals surface area contributed by atoms with Gasteiger partial charge in [0.25, 0.3) is 0 Å². The summed E-state index contributed by atoms with van der Waals surface area (Å²) in [5, 5.41) is 0. The topological polar surface area (TPSA) is 54.5 Å². The third kappa shape index (κ3) is 2.25. The van der Waals surface area contributed by atoms with Crippen molar-refractivity contribution >= 4 is 25.8 Å². The maximum absolute atomic E-state index is 11.6. The van der Waals surface area contributed by atoms with Gasteiger partial charge >= 0.3 is 9.24 Å². The van der Waals surface area contributed by atoms with Crippen LogP contribution in [0, 0.1) is 0 Å². The van der Waals surface area contributed by atoms with Crippen LogP contribution in [0.2, 0.25) is 0 Å². The van der Waals surface area contributed by atoms with Gasteiger partial charge in [-0.2, -0.15) is 8.42 Å². The fourth-order valence-corrected chi connectivity index (χ4v) is 4.27. The number of hydrogen-bond acceptors (Lipinski definition) is 3. The molecule has 1 amide bonds. The fraction of sp³-hybridized carbons (Fsp3) is 0.462. The maximum Gasteiger partial charge on any atom is 0.324 e. The largest absolute Gasteiger partial charge is 0.324 e. The lowest BCUT2D eigenvalue weighted by atomic mass is 9.78. The van der Waals surface area contributed by atoms with Crippen LogP contribution in [0.15, 0.2) is 24.3 Å². The van der Waals surface area contributed by atoms with Gasteiger partial charge in [-0.15, -0.1) is 0 Å². The minimum absolute atomic E-state index is 0.181. The Bertz CT molecular complexity index is 597. The van der Waals surface area contributed by atoms with E-state index in [0.717, 1.165) is 16.3 Å². The fourth-order valence-electron chi connectivity index (χ4n) is 2.61. The van der Waals surface area contributed by atoms with Gasteiger partial charge in [-0.1, -0.05) is 38.1 Å². The zero-order valence-electron chi connectivity index (χ0n) is 10.9. The van der Waals surface area contributed by atoms with E-state index < -0.39 is 20.7 Å². The van der Waals surface area contributed by atoms with Crippen molar-refractivity contribution in [3.63, 3.8) is 0 Å². The zero-order chi connectivity index (χ0) is 14.3. The first kappa shape index (κ1) is 14.3. The molecular formula is C13H16ClNO3S. The average Bonchev–Trinajstić information content (AvgIpc) is 2.33. The lowest BCUT2D eigenvalue weighted by Gasteiger charge is -2.49. The normalized spacial score (nSPS) is 23.3. The van der Waals surface area contributed by atoms with Crippen LogP contribution in [0.3, 0.4) is 0 Å². The second-order valence-electron chi connectivity index (χ2n) is 4.71. The summed E-state index contributed by atoms with van der Waals surface area (Å²) in [4.78, 5) is 11.6. The summed E-state index contributed by atoms with van der Waals surface area (Å²) in [5.74, 6) is -0.448. The van der Waals surface area contributed by atoms with Crippen LogP contribution in [-0.4, -0.2) is 18.6 Å². The summed E-state index contributed by atoms with van der Waals surface area (Å²) in [6.45, 7) is 3.90. The van der Waals surface area contributed by atoms with Crippen molar-refractivity contribution in [3.05, 3.63) is 35.4 Å². The molecule has 1 aliphatic heterocycles. The summed E-state index contributed by atoms with van der Waals surface area (Å²) >= 11 is 0. The second kappa shape index (κ2) is 4.80. The molecule has 0 N–H and O–H groups in total. The predicted octanol–water partition coefficient (Wildman–Crippen LogP) is 2.57. The minimum atomic E-state index is -4.04. The third-order valence-corrected chi connectivity index (χ3v) is 5.16. The van der Waals surface area contributed by atoms with Gasteiger partial charge < -0.3 is 0 Å². The van der Waals surface area contributed by atoms with E-state index in [1.807, 2.05) is 38.1 Å². The minimum Gasteiger partial charge on any atom is -0.274 e. The first-order valence-electron chi connectivity index (χ1n) is 6.22. The number of amides is 1. The number of halogens is 1. The number of aryl methyl sites for hydroxylation is 1. The Morgan fingerprint density at radius 3 is 2.21 bits per heavy atom. The summed E-state index contributed by atoms with van der Waals surface area (Å²) in [7, 11) is 1.34. The van der Waals surface area contributed by atoms with Crippen molar-refractivity contribution in [3.8, 4) is 0 Å². The predicted molar refractivity (Wildman–Crippen MR) is 74.0 cm³/mol. The van der Waals surface area contributed by atoms with Crippen LogP contribution in [0.1, 0.15) is 37.8 Å². The molecule has 1 aromatic carbocycles. The number of rotatable bonds is 4. The van der Waals surface area contributed by atoms with E-state index in [4.69, 9.17) is 10.7 Å². The first-order chi connectivity index (χ1) is 8.85. The molecule has 0 aromatic heterocycles. The lowest BCUT2D eigenvalue weighted by Crippen LogP contribution is -2.61. The molecule has 1 aliphatic rings. The monoisotopic (exact) mass is 301 g/mol. The van der Waals surface area contributed by atoms with Gasteiger partial charge in [-0.3, -0.25) is 4.79 Å². The molecule has 0 bridgehead atoms. The highest BCUT2D eigenvalue weighted by molar-refractivity contribution is 8.12. The van der Waals surface area contributed by atoms with Gasteiger partial charge in [0.15, 0.2) is 0 Å². The quantitative estimate of drug-likeness (QED) is 0.634. The van der Waals surface area contributed by atoms with Crippen LogP contribution in [0.4, 0.5) is 0 Å². The zero-order valence-corrected chi connectivity index (χ0v) is 12.5. The van der Waals surface area contributed by atoms with Crippen molar-refractivity contribution in [2.24, 2.45) is 0 Å². The molecule has 2 rings (SSSR count). The number of carbonyl (C=O) groups is 1. The summed E-state index contributed by atoms with van der Waals surface area (Å²) in [6.07, 6.45) is 1.60. The highest BCUT2D eigenvalue weighted by Crippen LogP contribution is 2.47. The molecule has 1 heterocycles. The van der Waals surface area contributed by atoms with E-state index >= 15 is 0 Å². The Hall–Kier alpha value is -1.07. The van der Waals surface area contributed by atoms with Gasteiger partial charge in [0.2, 0.25) is 5.91 Å². The van der Waals surface area contributed by atoms with Crippen LogP contribution >= 0.6 is 10.7 Å². The molecule has 104 valence electrons. The number of benzene rings is 1. The standard InChI is InChI=1S/C13H16ClNO3S/c1-3-10-5-7-11(8-6-10)13(4-2)9-12(16)15(13)19(14,17)18/h5-8H,3-4,9H2,1-2H3. The molecule has 19 heavy (non-hydrogen) atoms. The molecular weight excluding hydrogens is 286 g/mol. The van der Waals surface area contributed by atoms with Crippen LogP contribution in [-0.2, 0) is 26.0 Å². The average molecular weight is 302 g/mol. The lowest BCUT2D eigenvalue weighted by molar-refractivity contribution is -0.146. The van der Waals surface area contributed by atoms with E-state index in [-0.39, 0.29) is 6.42 Å². The Kier molecular flexibility index (Phi) is 3.62. The molecule has 1 aromatic rings. The smallest absolute Gasteiger partial charge is 0.274 e. The first-order valence-corrected chi connectivity index (χ1v) is 8.49. The van der Waals surface area contributed by atoms with Crippen LogP contribution < -0.4 is 0 Å². The van der Waals surface area contributed by atoms with Crippen molar-refractivity contribution < 1.29 is 13.2 Å². The second-order valence-corrected chi connectivity index (χ2v) is 7.07.